The lowest BCUT2D eigenvalue weighted by atomic mass is 9.68. The van der Waals surface area contributed by atoms with Crippen LogP contribution in [0.2, 0.25) is 0 Å². The van der Waals surface area contributed by atoms with Crippen molar-refractivity contribution in [3.63, 3.8) is 0 Å². The Bertz CT molecular complexity index is 506. The highest BCUT2D eigenvalue weighted by Crippen LogP contribution is 2.68. The average Bonchev–Trinajstić information content (AvgIpc) is 2.76. The van der Waals surface area contributed by atoms with E-state index in [9.17, 15) is 0 Å². The summed E-state index contributed by atoms with van der Waals surface area (Å²) in [4.78, 5) is 3.28. The van der Waals surface area contributed by atoms with Gasteiger partial charge in [-0.3, -0.25) is 0 Å². The number of aromatic nitrogens is 2. The minimum Gasteiger partial charge on any atom is -0.335 e. The molecule has 3 atom stereocenters. The molecule has 0 amide bonds. The summed E-state index contributed by atoms with van der Waals surface area (Å²) in [6.07, 6.45) is 6.34. The highest BCUT2D eigenvalue weighted by molar-refractivity contribution is 7.71. The smallest absolute Gasteiger partial charge is 0.177 e. The maximum absolute atomic E-state index is 5.48. The third kappa shape index (κ3) is 1.41. The maximum Gasteiger partial charge on any atom is 0.177 e. The number of H-pyrrole nitrogens is 1. The van der Waals surface area contributed by atoms with Gasteiger partial charge in [-0.05, 0) is 55.2 Å². The molecule has 3 unspecified atom stereocenters. The topological polar surface area (TPSA) is 20.7 Å². The number of rotatable bonds is 1. The SMILES string of the molecule is Cc1cn(C2C3(C)CCC(C3)C2(C)C)c(=S)[nH]1. The second kappa shape index (κ2) is 3.25. The fraction of sp³-hybridized carbons (Fsp3) is 0.786. The van der Waals surface area contributed by atoms with Gasteiger partial charge in [0.15, 0.2) is 4.77 Å². The van der Waals surface area contributed by atoms with E-state index in [2.05, 4.69) is 43.4 Å². The van der Waals surface area contributed by atoms with Gasteiger partial charge < -0.3 is 9.55 Å². The van der Waals surface area contributed by atoms with Gasteiger partial charge in [0.2, 0.25) is 0 Å². The predicted molar refractivity (Wildman–Crippen MR) is 72.6 cm³/mol. The number of hydrogen-bond donors (Lipinski definition) is 1. The highest BCUT2D eigenvalue weighted by Gasteiger charge is 2.60. The van der Waals surface area contributed by atoms with Crippen molar-refractivity contribution in [2.45, 2.75) is 53.0 Å². The monoisotopic (exact) mass is 250 g/mol. The Labute approximate surface area is 108 Å². The molecule has 0 spiro atoms. The number of hydrogen-bond acceptors (Lipinski definition) is 1. The van der Waals surface area contributed by atoms with Crippen molar-refractivity contribution in [1.29, 1.82) is 0 Å². The van der Waals surface area contributed by atoms with Crippen LogP contribution in [-0.4, -0.2) is 9.55 Å². The van der Waals surface area contributed by atoms with Gasteiger partial charge in [-0.2, -0.15) is 0 Å². The normalized spacial score (nSPS) is 38.8. The van der Waals surface area contributed by atoms with E-state index in [1.165, 1.54) is 25.0 Å². The van der Waals surface area contributed by atoms with E-state index in [1.54, 1.807) is 0 Å². The first-order chi connectivity index (χ1) is 7.84. The number of aromatic amines is 1. The van der Waals surface area contributed by atoms with E-state index in [0.29, 0.717) is 16.9 Å². The number of imidazole rings is 1. The van der Waals surface area contributed by atoms with Crippen LogP contribution in [0.5, 0.6) is 0 Å². The molecule has 94 valence electrons. The van der Waals surface area contributed by atoms with Crippen molar-refractivity contribution in [1.82, 2.24) is 9.55 Å². The van der Waals surface area contributed by atoms with Crippen molar-refractivity contribution < 1.29 is 0 Å². The van der Waals surface area contributed by atoms with E-state index in [4.69, 9.17) is 12.2 Å². The number of fused-ring (bicyclic) bond motifs is 2. The molecule has 3 rings (SSSR count). The molecule has 1 N–H and O–H groups in total. The second-order valence-electron chi connectivity index (χ2n) is 6.97. The number of nitrogens with zero attached hydrogens (tertiary/aromatic N) is 1. The molecule has 2 bridgehead atoms. The first kappa shape index (κ1) is 11.5. The van der Waals surface area contributed by atoms with Gasteiger partial charge >= 0.3 is 0 Å². The first-order valence-corrected chi connectivity index (χ1v) is 7.03. The molecule has 2 saturated carbocycles. The van der Waals surface area contributed by atoms with Crippen LogP contribution in [0.1, 0.15) is 51.8 Å². The summed E-state index contributed by atoms with van der Waals surface area (Å²) < 4.78 is 3.23. The zero-order valence-corrected chi connectivity index (χ0v) is 12.0. The van der Waals surface area contributed by atoms with Crippen LogP contribution >= 0.6 is 12.2 Å². The molecule has 1 heterocycles. The Morgan fingerprint density at radius 2 is 2.12 bits per heavy atom. The van der Waals surface area contributed by atoms with Crippen molar-refractivity contribution in [2.24, 2.45) is 16.7 Å². The molecule has 2 aliphatic rings. The third-order valence-electron chi connectivity index (χ3n) is 5.34. The zero-order chi connectivity index (χ0) is 12.4. The Morgan fingerprint density at radius 3 is 2.59 bits per heavy atom. The van der Waals surface area contributed by atoms with Crippen LogP contribution in [0.3, 0.4) is 0 Å². The summed E-state index contributed by atoms with van der Waals surface area (Å²) in [6.45, 7) is 9.40. The Morgan fingerprint density at radius 1 is 1.41 bits per heavy atom. The molecule has 17 heavy (non-hydrogen) atoms. The lowest BCUT2D eigenvalue weighted by Gasteiger charge is -2.43. The standard InChI is InChI=1S/C14H22N2S/c1-9-8-16(12(17)15-9)11-13(2,3)10-5-6-14(11,4)7-10/h8,10-11H,5-7H2,1-4H3,(H,15,17). The minimum absolute atomic E-state index is 0.375. The van der Waals surface area contributed by atoms with Crippen LogP contribution in [-0.2, 0) is 0 Å². The van der Waals surface area contributed by atoms with E-state index in [-0.39, 0.29) is 0 Å². The molecule has 0 aliphatic heterocycles. The summed E-state index contributed by atoms with van der Waals surface area (Å²) in [5.74, 6) is 0.870. The first-order valence-electron chi connectivity index (χ1n) is 6.62. The van der Waals surface area contributed by atoms with Crippen LogP contribution < -0.4 is 0 Å². The largest absolute Gasteiger partial charge is 0.335 e. The molecule has 2 aliphatic carbocycles. The zero-order valence-electron chi connectivity index (χ0n) is 11.2. The Hall–Kier alpha value is -0.570. The fourth-order valence-electron chi connectivity index (χ4n) is 4.69. The van der Waals surface area contributed by atoms with Gasteiger partial charge in [0.05, 0.1) is 0 Å². The maximum atomic E-state index is 5.48. The predicted octanol–water partition coefficient (Wildman–Crippen LogP) is 4.24. The molecule has 1 aromatic rings. The molecule has 0 aromatic carbocycles. The van der Waals surface area contributed by atoms with Gasteiger partial charge in [-0.15, -0.1) is 0 Å². The third-order valence-corrected chi connectivity index (χ3v) is 5.66. The van der Waals surface area contributed by atoms with Crippen molar-refractivity contribution in [2.75, 3.05) is 0 Å². The van der Waals surface area contributed by atoms with Gasteiger partial charge in [-0.1, -0.05) is 20.8 Å². The van der Waals surface area contributed by atoms with Crippen LogP contribution in [0.4, 0.5) is 0 Å². The summed E-state index contributed by atoms with van der Waals surface area (Å²) in [7, 11) is 0. The molecule has 0 saturated heterocycles. The van der Waals surface area contributed by atoms with E-state index >= 15 is 0 Å². The lowest BCUT2D eigenvalue weighted by molar-refractivity contribution is 0.0823. The van der Waals surface area contributed by atoms with Crippen molar-refractivity contribution >= 4 is 12.2 Å². The molecule has 2 fully saturated rings. The number of aryl methyl sites for hydroxylation is 1. The average molecular weight is 250 g/mol. The number of nitrogens with one attached hydrogen (secondary N) is 1. The molecule has 1 aromatic heterocycles. The van der Waals surface area contributed by atoms with Crippen molar-refractivity contribution in [3.05, 3.63) is 16.7 Å². The van der Waals surface area contributed by atoms with Gasteiger partial charge in [0, 0.05) is 17.9 Å². The van der Waals surface area contributed by atoms with Crippen LogP contribution in [0.15, 0.2) is 6.20 Å². The van der Waals surface area contributed by atoms with Gasteiger partial charge in [0.25, 0.3) is 0 Å². The van der Waals surface area contributed by atoms with E-state index < -0.39 is 0 Å². The second-order valence-corrected chi connectivity index (χ2v) is 7.35. The van der Waals surface area contributed by atoms with Gasteiger partial charge in [-0.25, -0.2) is 0 Å². The fourth-order valence-corrected chi connectivity index (χ4v) is 5.01. The quantitative estimate of drug-likeness (QED) is 0.739. The van der Waals surface area contributed by atoms with Gasteiger partial charge in [0.1, 0.15) is 0 Å². The van der Waals surface area contributed by atoms with Crippen LogP contribution in [0.25, 0.3) is 0 Å². The Balaban J connectivity index is 2.14. The minimum atomic E-state index is 0.375. The highest BCUT2D eigenvalue weighted by atomic mass is 32.1. The lowest BCUT2D eigenvalue weighted by Crippen LogP contribution is -2.37. The summed E-state index contributed by atoms with van der Waals surface area (Å²) in [6, 6.07) is 0.561. The molecule has 2 nitrogen and oxygen atoms in total. The molecular weight excluding hydrogens is 228 g/mol. The molecule has 3 heteroatoms. The molecule has 0 radical (unpaired) electrons. The summed E-state index contributed by atoms with van der Waals surface area (Å²) in [5, 5.41) is 0. The van der Waals surface area contributed by atoms with Crippen molar-refractivity contribution in [3.8, 4) is 0 Å². The van der Waals surface area contributed by atoms with Crippen LogP contribution in [0, 0.1) is 28.4 Å². The van der Waals surface area contributed by atoms with E-state index in [0.717, 1.165) is 10.7 Å². The molecular formula is C14H22N2S. The summed E-state index contributed by atoms with van der Waals surface area (Å²) >= 11 is 5.48. The Kier molecular flexibility index (Phi) is 2.20. The van der Waals surface area contributed by atoms with E-state index in [1.807, 2.05) is 0 Å². The summed E-state index contributed by atoms with van der Waals surface area (Å²) in [5.41, 5.74) is 2.00.